The molecule has 0 radical (unpaired) electrons. The number of nitrogens with two attached hydrogens (primary N) is 2. The van der Waals surface area contributed by atoms with Crippen molar-refractivity contribution in [2.75, 3.05) is 18.6 Å². The number of benzene rings is 1. The van der Waals surface area contributed by atoms with Crippen molar-refractivity contribution in [2.24, 2.45) is 11.5 Å². The first kappa shape index (κ1) is 30.2. The van der Waals surface area contributed by atoms with E-state index in [0.717, 1.165) is 0 Å². The van der Waals surface area contributed by atoms with Crippen LogP contribution in [0.5, 0.6) is 5.75 Å². The summed E-state index contributed by atoms with van der Waals surface area (Å²) >= 11 is 1.46. The van der Waals surface area contributed by atoms with Crippen molar-refractivity contribution in [1.82, 2.24) is 16.0 Å². The van der Waals surface area contributed by atoms with E-state index in [1.807, 2.05) is 6.26 Å². The lowest BCUT2D eigenvalue weighted by atomic mass is 10.0. The van der Waals surface area contributed by atoms with Crippen molar-refractivity contribution >= 4 is 35.5 Å². The predicted octanol–water partition coefficient (Wildman–Crippen LogP) is -0.297. The lowest BCUT2D eigenvalue weighted by Crippen LogP contribution is -2.57. The van der Waals surface area contributed by atoms with Crippen molar-refractivity contribution in [3.8, 4) is 5.75 Å². The van der Waals surface area contributed by atoms with Gasteiger partial charge in [0.2, 0.25) is 17.7 Å². The van der Waals surface area contributed by atoms with Crippen LogP contribution in [0.4, 0.5) is 0 Å². The van der Waals surface area contributed by atoms with Gasteiger partial charge in [0.25, 0.3) is 0 Å². The molecule has 0 aliphatic heterocycles. The lowest BCUT2D eigenvalue weighted by molar-refractivity contribution is -0.142. The molecule has 196 valence electrons. The molecule has 0 aliphatic rings. The van der Waals surface area contributed by atoms with Crippen molar-refractivity contribution in [3.63, 3.8) is 0 Å². The summed E-state index contributed by atoms with van der Waals surface area (Å²) in [5.41, 5.74) is 11.9. The zero-order valence-electron chi connectivity index (χ0n) is 20.2. The highest BCUT2D eigenvalue weighted by Gasteiger charge is 2.29. The Hall–Kier alpha value is -2.83. The first-order valence-electron chi connectivity index (χ1n) is 11.4. The fourth-order valence-corrected chi connectivity index (χ4v) is 3.65. The number of aliphatic carboxylic acids is 1. The minimum atomic E-state index is -1.16. The van der Waals surface area contributed by atoms with E-state index in [0.29, 0.717) is 30.7 Å². The molecule has 12 heteroatoms. The standard InChI is InChI=1S/C23H37N5O6S/c1-14(25)20(30)28-19(13-15-6-8-16(29)9-7-15)22(32)26-17(5-3-4-11-24)21(31)27-18(23(33)34)10-12-35-2/h6-9,14,17-19,29H,3-5,10-13,24-25H2,1-2H3,(H,26,32)(H,27,31)(H,28,30)(H,33,34). The van der Waals surface area contributed by atoms with Crippen molar-refractivity contribution < 1.29 is 29.4 Å². The van der Waals surface area contributed by atoms with E-state index >= 15 is 0 Å². The van der Waals surface area contributed by atoms with Gasteiger partial charge in [-0.1, -0.05) is 12.1 Å². The van der Waals surface area contributed by atoms with Crippen molar-refractivity contribution in [2.45, 2.75) is 63.2 Å². The number of thioether (sulfide) groups is 1. The third kappa shape index (κ3) is 11.4. The normalized spacial score (nSPS) is 14.3. The highest BCUT2D eigenvalue weighted by Crippen LogP contribution is 2.12. The van der Waals surface area contributed by atoms with E-state index < -0.39 is 47.9 Å². The number of carboxylic acid groups (broad SMARTS) is 1. The van der Waals surface area contributed by atoms with Gasteiger partial charge in [-0.3, -0.25) is 14.4 Å². The summed E-state index contributed by atoms with van der Waals surface area (Å²) in [5.74, 6) is -2.34. The van der Waals surface area contributed by atoms with Gasteiger partial charge in [0.15, 0.2) is 0 Å². The van der Waals surface area contributed by atoms with Crippen LogP contribution in [-0.2, 0) is 25.6 Å². The third-order valence-electron chi connectivity index (χ3n) is 5.23. The Labute approximate surface area is 209 Å². The third-order valence-corrected chi connectivity index (χ3v) is 5.87. The molecule has 0 saturated carbocycles. The van der Waals surface area contributed by atoms with Crippen LogP contribution in [0.15, 0.2) is 24.3 Å². The zero-order valence-corrected chi connectivity index (χ0v) is 21.0. The molecule has 0 spiro atoms. The molecule has 35 heavy (non-hydrogen) atoms. The van der Waals surface area contributed by atoms with E-state index in [1.54, 1.807) is 12.1 Å². The molecule has 0 aliphatic carbocycles. The minimum Gasteiger partial charge on any atom is -0.508 e. The summed E-state index contributed by atoms with van der Waals surface area (Å²) in [6.07, 6.45) is 3.56. The number of carbonyl (C=O) groups is 4. The van der Waals surface area contributed by atoms with E-state index in [9.17, 15) is 29.4 Å². The number of carbonyl (C=O) groups excluding carboxylic acids is 3. The van der Waals surface area contributed by atoms with E-state index in [1.165, 1.54) is 30.8 Å². The number of carboxylic acids is 1. The van der Waals surface area contributed by atoms with Gasteiger partial charge in [-0.15, -0.1) is 0 Å². The van der Waals surface area contributed by atoms with Gasteiger partial charge >= 0.3 is 5.97 Å². The Kier molecular flexibility index (Phi) is 13.8. The second-order valence-electron chi connectivity index (χ2n) is 8.25. The summed E-state index contributed by atoms with van der Waals surface area (Å²) in [6, 6.07) is 2.14. The Bertz CT molecular complexity index is 836. The number of amides is 3. The average Bonchev–Trinajstić information content (AvgIpc) is 2.81. The van der Waals surface area contributed by atoms with Crippen LogP contribution in [-0.4, -0.2) is 76.6 Å². The molecule has 11 nitrogen and oxygen atoms in total. The van der Waals surface area contributed by atoms with Gasteiger partial charge in [0, 0.05) is 6.42 Å². The van der Waals surface area contributed by atoms with E-state index in [4.69, 9.17) is 11.5 Å². The number of phenols is 1. The van der Waals surface area contributed by atoms with Crippen LogP contribution in [0.2, 0.25) is 0 Å². The molecule has 9 N–H and O–H groups in total. The molecule has 1 aromatic carbocycles. The van der Waals surface area contributed by atoms with Crippen LogP contribution in [0.1, 0.15) is 38.2 Å². The van der Waals surface area contributed by atoms with Gasteiger partial charge in [-0.25, -0.2) is 4.79 Å². The molecule has 0 bridgehead atoms. The predicted molar refractivity (Wildman–Crippen MR) is 135 cm³/mol. The van der Waals surface area contributed by atoms with Gasteiger partial charge in [-0.05, 0) is 68.9 Å². The Balaban J connectivity index is 3.05. The summed E-state index contributed by atoms with van der Waals surface area (Å²) in [4.78, 5) is 49.9. The highest BCUT2D eigenvalue weighted by atomic mass is 32.2. The molecule has 0 aromatic heterocycles. The van der Waals surface area contributed by atoms with Crippen LogP contribution < -0.4 is 27.4 Å². The number of aromatic hydroxyl groups is 1. The summed E-state index contributed by atoms with van der Waals surface area (Å²) in [6.45, 7) is 1.89. The molecule has 1 rings (SSSR count). The lowest BCUT2D eigenvalue weighted by Gasteiger charge is -2.25. The number of hydrogen-bond donors (Lipinski definition) is 7. The molecule has 0 heterocycles. The number of hydrogen-bond acceptors (Lipinski definition) is 8. The summed E-state index contributed by atoms with van der Waals surface area (Å²) < 4.78 is 0. The van der Waals surface area contributed by atoms with Crippen LogP contribution in [0, 0.1) is 0 Å². The van der Waals surface area contributed by atoms with Crippen LogP contribution in [0.3, 0.4) is 0 Å². The molecular weight excluding hydrogens is 474 g/mol. The number of nitrogens with one attached hydrogen (secondary N) is 3. The van der Waals surface area contributed by atoms with Crippen LogP contribution in [0.25, 0.3) is 0 Å². The summed E-state index contributed by atoms with van der Waals surface area (Å²) in [7, 11) is 0. The molecule has 1 aromatic rings. The van der Waals surface area contributed by atoms with E-state index in [-0.39, 0.29) is 25.0 Å². The Morgan fingerprint density at radius 3 is 2.03 bits per heavy atom. The first-order valence-corrected chi connectivity index (χ1v) is 12.8. The van der Waals surface area contributed by atoms with Gasteiger partial charge in [0.1, 0.15) is 23.9 Å². The molecule has 0 saturated heterocycles. The van der Waals surface area contributed by atoms with Gasteiger partial charge in [0.05, 0.1) is 6.04 Å². The topological polar surface area (TPSA) is 197 Å². The maximum Gasteiger partial charge on any atom is 0.326 e. The van der Waals surface area contributed by atoms with E-state index in [2.05, 4.69) is 16.0 Å². The Morgan fingerprint density at radius 2 is 1.49 bits per heavy atom. The highest BCUT2D eigenvalue weighted by molar-refractivity contribution is 7.98. The maximum absolute atomic E-state index is 13.2. The number of rotatable bonds is 16. The number of phenolic OH excluding ortho intramolecular Hbond substituents is 1. The fourth-order valence-electron chi connectivity index (χ4n) is 3.18. The van der Waals surface area contributed by atoms with Crippen molar-refractivity contribution in [1.29, 1.82) is 0 Å². The summed E-state index contributed by atoms with van der Waals surface area (Å²) in [5, 5.41) is 26.7. The molecule has 3 amide bonds. The average molecular weight is 512 g/mol. The van der Waals surface area contributed by atoms with Gasteiger partial charge < -0.3 is 37.6 Å². The molecule has 4 unspecified atom stereocenters. The smallest absolute Gasteiger partial charge is 0.326 e. The quantitative estimate of drug-likeness (QED) is 0.146. The minimum absolute atomic E-state index is 0.0560. The maximum atomic E-state index is 13.2. The second-order valence-corrected chi connectivity index (χ2v) is 9.23. The molecule has 4 atom stereocenters. The van der Waals surface area contributed by atoms with Crippen LogP contribution >= 0.6 is 11.8 Å². The second kappa shape index (κ2) is 16.0. The monoisotopic (exact) mass is 511 g/mol. The Morgan fingerprint density at radius 1 is 0.914 bits per heavy atom. The van der Waals surface area contributed by atoms with Crippen molar-refractivity contribution in [3.05, 3.63) is 29.8 Å². The number of unbranched alkanes of at least 4 members (excludes halogenated alkanes) is 1. The zero-order chi connectivity index (χ0) is 26.4. The SMILES string of the molecule is CSCCC(NC(=O)C(CCCCN)NC(=O)C(Cc1ccc(O)cc1)NC(=O)C(C)N)C(=O)O. The first-order chi connectivity index (χ1) is 16.6. The molecular formula is C23H37N5O6S. The molecule has 0 fully saturated rings. The largest absolute Gasteiger partial charge is 0.508 e. The van der Waals surface area contributed by atoms with Gasteiger partial charge in [-0.2, -0.15) is 11.8 Å². The fraction of sp³-hybridized carbons (Fsp3) is 0.565.